The van der Waals surface area contributed by atoms with Crippen LogP contribution in [0.3, 0.4) is 0 Å². The number of rotatable bonds is 6. The van der Waals surface area contributed by atoms with Gasteiger partial charge in [0.25, 0.3) is 0 Å². The van der Waals surface area contributed by atoms with Crippen molar-refractivity contribution in [3.63, 3.8) is 0 Å². The maximum Gasteiger partial charge on any atom is 0.110 e. The average molecular weight is 305 g/mol. The van der Waals surface area contributed by atoms with Crippen molar-refractivity contribution in [2.75, 3.05) is 18.9 Å². The largest absolute Gasteiger partial charge is 0.394 e. The maximum atomic E-state index is 9.36. The van der Waals surface area contributed by atoms with Crippen LogP contribution in [0.1, 0.15) is 13.8 Å². The number of aliphatic hydroxyl groups excluding tert-OH is 1. The summed E-state index contributed by atoms with van der Waals surface area (Å²) in [5.74, 6) is 0.785. The Morgan fingerprint density at radius 3 is 2.94 bits per heavy atom. The molecule has 0 aliphatic carbocycles. The van der Waals surface area contributed by atoms with Crippen LogP contribution in [-0.2, 0) is 0 Å². The lowest BCUT2D eigenvalue weighted by Gasteiger charge is -2.27. The summed E-state index contributed by atoms with van der Waals surface area (Å²) in [5.41, 5.74) is -0.254. The smallest absolute Gasteiger partial charge is 0.110 e. The van der Waals surface area contributed by atoms with Crippen LogP contribution in [0.2, 0.25) is 0 Å². The number of pyridine rings is 1. The molecule has 0 spiro atoms. The Labute approximate surface area is 109 Å². The molecule has 2 N–H and O–H groups in total. The summed E-state index contributed by atoms with van der Waals surface area (Å²) >= 11 is 5.10. The number of nitrogens with zero attached hydrogens (tertiary/aromatic N) is 1. The molecule has 1 aromatic heterocycles. The van der Waals surface area contributed by atoms with Gasteiger partial charge < -0.3 is 10.4 Å². The SMILES string of the molecule is CCNC(C)(CO)CSc1ncccc1Br. The number of nitrogens with one attached hydrogen (secondary N) is 1. The van der Waals surface area contributed by atoms with Gasteiger partial charge in [-0.25, -0.2) is 4.98 Å². The minimum Gasteiger partial charge on any atom is -0.394 e. The van der Waals surface area contributed by atoms with Gasteiger partial charge in [0, 0.05) is 22.0 Å². The molecule has 1 aromatic rings. The van der Waals surface area contributed by atoms with E-state index in [1.54, 1.807) is 18.0 Å². The van der Waals surface area contributed by atoms with Crippen molar-refractivity contribution >= 4 is 27.7 Å². The Kier molecular flexibility index (Phi) is 5.75. The van der Waals surface area contributed by atoms with Crippen LogP contribution in [0.4, 0.5) is 0 Å². The molecule has 1 atom stereocenters. The summed E-state index contributed by atoms with van der Waals surface area (Å²) in [6.07, 6.45) is 1.77. The Balaban J connectivity index is 2.59. The molecule has 5 heteroatoms. The standard InChI is InChI=1S/C11H17BrN2OS/c1-3-14-11(2,7-15)8-16-10-9(12)5-4-6-13-10/h4-6,14-15H,3,7-8H2,1-2H3. The molecule has 90 valence electrons. The first-order valence-electron chi connectivity index (χ1n) is 5.20. The normalized spacial score (nSPS) is 14.8. The minimum absolute atomic E-state index is 0.123. The van der Waals surface area contributed by atoms with Crippen molar-refractivity contribution in [1.29, 1.82) is 0 Å². The molecular formula is C11H17BrN2OS. The Hall–Kier alpha value is -0.100. The van der Waals surface area contributed by atoms with Crippen molar-refractivity contribution in [1.82, 2.24) is 10.3 Å². The third-order valence-corrected chi connectivity index (χ3v) is 4.49. The molecule has 0 bridgehead atoms. The molecule has 0 aliphatic heterocycles. The lowest BCUT2D eigenvalue weighted by Crippen LogP contribution is -2.47. The lowest BCUT2D eigenvalue weighted by atomic mass is 10.1. The molecule has 0 aromatic carbocycles. The van der Waals surface area contributed by atoms with Gasteiger partial charge in [-0.2, -0.15) is 0 Å². The van der Waals surface area contributed by atoms with Gasteiger partial charge in [-0.15, -0.1) is 11.8 Å². The van der Waals surface area contributed by atoms with Gasteiger partial charge in [-0.1, -0.05) is 6.92 Å². The maximum absolute atomic E-state index is 9.36. The summed E-state index contributed by atoms with van der Waals surface area (Å²) < 4.78 is 0.997. The Morgan fingerprint density at radius 2 is 2.38 bits per heavy atom. The molecule has 1 unspecified atom stereocenters. The summed E-state index contributed by atoms with van der Waals surface area (Å²) in [7, 11) is 0. The van der Waals surface area contributed by atoms with Crippen LogP contribution in [0, 0.1) is 0 Å². The second kappa shape index (κ2) is 6.59. The predicted molar refractivity (Wildman–Crippen MR) is 71.8 cm³/mol. The summed E-state index contributed by atoms with van der Waals surface area (Å²) in [4.78, 5) is 4.28. The second-order valence-electron chi connectivity index (χ2n) is 3.83. The fourth-order valence-electron chi connectivity index (χ4n) is 1.28. The van der Waals surface area contributed by atoms with Crippen molar-refractivity contribution in [2.24, 2.45) is 0 Å². The highest BCUT2D eigenvalue weighted by Crippen LogP contribution is 2.27. The zero-order chi connectivity index (χ0) is 12.0. The fourth-order valence-corrected chi connectivity index (χ4v) is 2.87. The van der Waals surface area contributed by atoms with E-state index in [-0.39, 0.29) is 12.1 Å². The molecule has 0 saturated carbocycles. The van der Waals surface area contributed by atoms with E-state index in [0.29, 0.717) is 0 Å². The van der Waals surface area contributed by atoms with Crippen molar-refractivity contribution in [3.05, 3.63) is 22.8 Å². The summed E-state index contributed by atoms with van der Waals surface area (Å²) in [5, 5.41) is 13.6. The van der Waals surface area contributed by atoms with E-state index in [1.807, 2.05) is 26.0 Å². The van der Waals surface area contributed by atoms with Gasteiger partial charge in [-0.3, -0.25) is 0 Å². The predicted octanol–water partition coefficient (Wildman–Crippen LogP) is 2.30. The van der Waals surface area contributed by atoms with Gasteiger partial charge in [0.05, 0.1) is 6.61 Å². The average Bonchev–Trinajstić information content (AvgIpc) is 2.28. The molecule has 0 saturated heterocycles. The van der Waals surface area contributed by atoms with Gasteiger partial charge >= 0.3 is 0 Å². The topological polar surface area (TPSA) is 45.1 Å². The number of halogens is 1. The molecule has 1 heterocycles. The molecule has 16 heavy (non-hydrogen) atoms. The number of hydrogen-bond donors (Lipinski definition) is 2. The second-order valence-corrected chi connectivity index (χ2v) is 5.65. The number of likely N-dealkylation sites (N-methyl/N-ethyl adjacent to an activating group) is 1. The molecule has 0 aliphatic rings. The summed E-state index contributed by atoms with van der Waals surface area (Å²) in [6, 6.07) is 3.86. The molecule has 0 radical (unpaired) electrons. The van der Waals surface area contributed by atoms with Gasteiger partial charge in [0.1, 0.15) is 5.03 Å². The van der Waals surface area contributed by atoms with E-state index in [9.17, 15) is 5.11 Å². The van der Waals surface area contributed by atoms with Gasteiger partial charge in [0.15, 0.2) is 0 Å². The minimum atomic E-state index is -0.254. The van der Waals surface area contributed by atoms with E-state index in [2.05, 4.69) is 26.2 Å². The van der Waals surface area contributed by atoms with Crippen LogP contribution in [0.5, 0.6) is 0 Å². The zero-order valence-corrected chi connectivity index (χ0v) is 11.9. The number of aliphatic hydroxyl groups is 1. The van der Waals surface area contributed by atoms with E-state index in [0.717, 1.165) is 21.8 Å². The van der Waals surface area contributed by atoms with Crippen molar-refractivity contribution < 1.29 is 5.11 Å². The van der Waals surface area contributed by atoms with Crippen LogP contribution in [0.25, 0.3) is 0 Å². The zero-order valence-electron chi connectivity index (χ0n) is 9.53. The third-order valence-electron chi connectivity index (χ3n) is 2.20. The molecular weight excluding hydrogens is 288 g/mol. The van der Waals surface area contributed by atoms with E-state index in [1.165, 1.54) is 0 Å². The third kappa shape index (κ3) is 4.05. The monoisotopic (exact) mass is 304 g/mol. The van der Waals surface area contributed by atoms with Crippen LogP contribution >= 0.6 is 27.7 Å². The first-order valence-corrected chi connectivity index (χ1v) is 6.98. The van der Waals surface area contributed by atoms with Gasteiger partial charge in [-0.05, 0) is 41.5 Å². The Bertz CT molecular complexity index is 338. The summed E-state index contributed by atoms with van der Waals surface area (Å²) in [6.45, 7) is 5.02. The number of hydrogen-bond acceptors (Lipinski definition) is 4. The highest BCUT2D eigenvalue weighted by molar-refractivity contribution is 9.10. The highest BCUT2D eigenvalue weighted by Gasteiger charge is 2.22. The molecule has 1 rings (SSSR count). The quantitative estimate of drug-likeness (QED) is 0.792. The lowest BCUT2D eigenvalue weighted by molar-refractivity contribution is 0.194. The van der Waals surface area contributed by atoms with Crippen LogP contribution < -0.4 is 5.32 Å². The van der Waals surface area contributed by atoms with Crippen molar-refractivity contribution in [2.45, 2.75) is 24.4 Å². The first-order chi connectivity index (χ1) is 7.61. The number of aromatic nitrogens is 1. The number of thioether (sulfide) groups is 1. The van der Waals surface area contributed by atoms with E-state index < -0.39 is 0 Å². The fraction of sp³-hybridized carbons (Fsp3) is 0.545. The van der Waals surface area contributed by atoms with Gasteiger partial charge in [0.2, 0.25) is 0 Å². The first kappa shape index (κ1) is 14.0. The van der Waals surface area contributed by atoms with Crippen LogP contribution in [-0.4, -0.2) is 34.5 Å². The van der Waals surface area contributed by atoms with Crippen LogP contribution in [0.15, 0.2) is 27.8 Å². The highest BCUT2D eigenvalue weighted by atomic mass is 79.9. The Morgan fingerprint density at radius 1 is 1.62 bits per heavy atom. The van der Waals surface area contributed by atoms with E-state index in [4.69, 9.17) is 0 Å². The van der Waals surface area contributed by atoms with Crippen molar-refractivity contribution in [3.8, 4) is 0 Å². The molecule has 0 fully saturated rings. The molecule has 0 amide bonds. The van der Waals surface area contributed by atoms with E-state index >= 15 is 0 Å². The molecule has 3 nitrogen and oxygen atoms in total.